The van der Waals surface area contributed by atoms with Crippen LogP contribution in [0.25, 0.3) is 0 Å². The van der Waals surface area contributed by atoms with Crippen LogP contribution in [-0.2, 0) is 9.53 Å². The predicted molar refractivity (Wildman–Crippen MR) is 122 cm³/mol. The summed E-state index contributed by atoms with van der Waals surface area (Å²) in [4.78, 5) is 50.7. The highest BCUT2D eigenvalue weighted by molar-refractivity contribution is 8.18. The molecule has 3 rings (SSSR count). The highest BCUT2D eigenvalue weighted by Gasteiger charge is 2.37. The van der Waals surface area contributed by atoms with Gasteiger partial charge in [-0.05, 0) is 0 Å². The summed E-state index contributed by atoms with van der Waals surface area (Å²) in [6.45, 7) is 0. The molecule has 2 aromatic rings. The van der Waals surface area contributed by atoms with Crippen LogP contribution in [0.4, 0.5) is 4.79 Å². The monoisotopic (exact) mass is 477 g/mol. The van der Waals surface area contributed by atoms with Crippen LogP contribution in [0.2, 0.25) is 0 Å². The molecular formula is C21H19NO6S3. The van der Waals surface area contributed by atoms with Gasteiger partial charge in [-0.3, -0.25) is 19.3 Å². The molecule has 1 saturated heterocycles. The zero-order chi connectivity index (χ0) is 22.2. The van der Waals surface area contributed by atoms with Crippen molar-refractivity contribution >= 4 is 57.6 Å². The number of nitrogens with zero attached hydrogens (tertiary/aromatic N) is 1. The SMILES string of the molecule is O=C(O)OC1CSCN1C(=O)[C@@H](CSC(=O)c1ccccc1)SC(=O)c1ccccc1. The fourth-order valence-corrected chi connectivity index (χ4v) is 5.80. The van der Waals surface area contributed by atoms with E-state index < -0.39 is 23.5 Å². The molecule has 162 valence electrons. The van der Waals surface area contributed by atoms with Crippen molar-refractivity contribution in [1.29, 1.82) is 0 Å². The van der Waals surface area contributed by atoms with E-state index in [0.717, 1.165) is 23.5 Å². The molecule has 2 aromatic carbocycles. The summed E-state index contributed by atoms with van der Waals surface area (Å²) in [6, 6.07) is 17.2. The third-order valence-electron chi connectivity index (χ3n) is 4.27. The molecule has 0 spiro atoms. The van der Waals surface area contributed by atoms with Gasteiger partial charge >= 0.3 is 6.16 Å². The Hall–Kier alpha value is -2.43. The molecule has 0 saturated carbocycles. The highest BCUT2D eigenvalue weighted by Crippen LogP contribution is 2.29. The first-order valence-electron chi connectivity index (χ1n) is 9.21. The number of hydrogen-bond acceptors (Lipinski definition) is 8. The van der Waals surface area contributed by atoms with Crippen LogP contribution < -0.4 is 0 Å². The molecule has 1 aliphatic rings. The summed E-state index contributed by atoms with van der Waals surface area (Å²) >= 11 is 3.15. The number of carbonyl (C=O) groups is 4. The third-order valence-corrected chi connectivity index (χ3v) is 7.56. The second-order valence-electron chi connectivity index (χ2n) is 6.37. The van der Waals surface area contributed by atoms with Crippen LogP contribution in [0.1, 0.15) is 20.7 Å². The lowest BCUT2D eigenvalue weighted by Crippen LogP contribution is -2.44. The zero-order valence-electron chi connectivity index (χ0n) is 16.2. The summed E-state index contributed by atoms with van der Waals surface area (Å²) < 4.78 is 4.81. The summed E-state index contributed by atoms with van der Waals surface area (Å²) in [5.74, 6) is 0.207. The normalized spacial score (nSPS) is 16.5. The average molecular weight is 478 g/mol. The second kappa shape index (κ2) is 11.3. The van der Waals surface area contributed by atoms with E-state index >= 15 is 0 Å². The third kappa shape index (κ3) is 6.52. The van der Waals surface area contributed by atoms with Crippen molar-refractivity contribution in [1.82, 2.24) is 4.90 Å². The molecule has 0 aliphatic carbocycles. The lowest BCUT2D eigenvalue weighted by Gasteiger charge is -2.26. The van der Waals surface area contributed by atoms with Gasteiger partial charge in [0.2, 0.25) is 16.1 Å². The standard InChI is InChI=1S/C21H19NO6S3/c23-18(22-13-29-12-17(22)28-21(26)27)16(31-20(25)15-9-5-2-6-10-15)11-30-19(24)14-7-3-1-4-8-14/h1-10,16-17H,11-13H2,(H,26,27)/t16-,17?/m1/s1. The van der Waals surface area contributed by atoms with Gasteiger partial charge in [-0.15, -0.1) is 11.8 Å². The van der Waals surface area contributed by atoms with Gasteiger partial charge < -0.3 is 9.84 Å². The van der Waals surface area contributed by atoms with Gasteiger partial charge in [-0.25, -0.2) is 4.79 Å². The first kappa shape index (κ1) is 23.2. The first-order valence-corrected chi connectivity index (χ1v) is 12.2. The molecule has 1 aliphatic heterocycles. The fraction of sp³-hybridized carbons (Fsp3) is 0.238. The minimum Gasteiger partial charge on any atom is -0.450 e. The Balaban J connectivity index is 1.74. The van der Waals surface area contributed by atoms with Crippen molar-refractivity contribution in [3.8, 4) is 0 Å². The molecule has 1 heterocycles. The van der Waals surface area contributed by atoms with E-state index in [1.54, 1.807) is 60.7 Å². The Labute approximate surface area is 191 Å². The van der Waals surface area contributed by atoms with Crippen LogP contribution in [0.3, 0.4) is 0 Å². The van der Waals surface area contributed by atoms with Gasteiger partial charge in [0, 0.05) is 16.9 Å². The van der Waals surface area contributed by atoms with Crippen molar-refractivity contribution in [2.75, 3.05) is 17.4 Å². The molecule has 7 nitrogen and oxygen atoms in total. The quantitative estimate of drug-likeness (QED) is 0.592. The molecule has 0 bridgehead atoms. The van der Waals surface area contributed by atoms with E-state index in [4.69, 9.17) is 9.84 Å². The maximum absolute atomic E-state index is 13.2. The molecule has 0 radical (unpaired) electrons. The second-order valence-corrected chi connectivity index (χ2v) is 9.54. The number of carbonyl (C=O) groups excluding carboxylic acids is 3. The van der Waals surface area contributed by atoms with Crippen molar-refractivity contribution in [3.05, 3.63) is 71.8 Å². The largest absolute Gasteiger partial charge is 0.507 e. The molecular weight excluding hydrogens is 458 g/mol. The molecule has 1 N–H and O–H groups in total. The predicted octanol–water partition coefficient (Wildman–Crippen LogP) is 4.06. The van der Waals surface area contributed by atoms with E-state index in [-0.39, 0.29) is 21.9 Å². The smallest absolute Gasteiger partial charge is 0.450 e. The molecule has 31 heavy (non-hydrogen) atoms. The van der Waals surface area contributed by atoms with Crippen molar-refractivity contribution in [2.24, 2.45) is 0 Å². The molecule has 0 aromatic heterocycles. The molecule has 1 fully saturated rings. The number of amides is 1. The van der Waals surface area contributed by atoms with E-state index in [0.29, 0.717) is 16.9 Å². The summed E-state index contributed by atoms with van der Waals surface area (Å²) in [5.41, 5.74) is 0.945. The number of carboxylic acid groups (broad SMARTS) is 1. The van der Waals surface area contributed by atoms with Gasteiger partial charge in [0.15, 0.2) is 6.23 Å². The first-order chi connectivity index (χ1) is 15.0. The van der Waals surface area contributed by atoms with Crippen LogP contribution in [0.5, 0.6) is 0 Å². The zero-order valence-corrected chi connectivity index (χ0v) is 18.7. The molecule has 10 heteroatoms. The van der Waals surface area contributed by atoms with Crippen LogP contribution in [0.15, 0.2) is 60.7 Å². The van der Waals surface area contributed by atoms with Gasteiger partial charge in [-0.1, -0.05) is 84.2 Å². The maximum Gasteiger partial charge on any atom is 0.507 e. The molecule has 1 amide bonds. The summed E-state index contributed by atoms with van der Waals surface area (Å²) in [5, 5.41) is 7.55. The topological polar surface area (TPSA) is 101 Å². The van der Waals surface area contributed by atoms with Gasteiger partial charge in [-0.2, -0.15) is 0 Å². The van der Waals surface area contributed by atoms with Crippen LogP contribution in [0, 0.1) is 0 Å². The Morgan fingerprint density at radius 2 is 1.58 bits per heavy atom. The van der Waals surface area contributed by atoms with E-state index in [1.807, 2.05) is 0 Å². The lowest BCUT2D eigenvalue weighted by molar-refractivity contribution is -0.137. The number of benzene rings is 2. The number of rotatable bonds is 7. The number of hydrogen-bond donors (Lipinski definition) is 1. The van der Waals surface area contributed by atoms with Gasteiger partial charge in [0.25, 0.3) is 0 Å². The van der Waals surface area contributed by atoms with Crippen LogP contribution in [-0.4, -0.2) is 61.2 Å². The minimum absolute atomic E-state index is 0.0662. The van der Waals surface area contributed by atoms with Gasteiger partial charge in [0.1, 0.15) is 5.25 Å². The summed E-state index contributed by atoms with van der Waals surface area (Å²) in [6.07, 6.45) is -2.39. The highest BCUT2D eigenvalue weighted by atomic mass is 32.2. The molecule has 2 atom stereocenters. The van der Waals surface area contributed by atoms with Crippen LogP contribution >= 0.6 is 35.3 Å². The number of ether oxygens (including phenoxy) is 1. The Bertz CT molecular complexity index is 941. The van der Waals surface area contributed by atoms with E-state index in [9.17, 15) is 19.2 Å². The Morgan fingerprint density at radius 1 is 1.00 bits per heavy atom. The average Bonchev–Trinajstić information content (AvgIpc) is 3.24. The molecule has 1 unspecified atom stereocenters. The van der Waals surface area contributed by atoms with Crippen molar-refractivity contribution in [2.45, 2.75) is 11.5 Å². The Kier molecular flexibility index (Phi) is 8.44. The van der Waals surface area contributed by atoms with E-state index in [2.05, 4.69) is 0 Å². The lowest BCUT2D eigenvalue weighted by atomic mass is 10.2. The summed E-state index contributed by atoms with van der Waals surface area (Å²) in [7, 11) is 0. The van der Waals surface area contributed by atoms with Crippen molar-refractivity contribution in [3.63, 3.8) is 0 Å². The fourth-order valence-electron chi connectivity index (χ4n) is 2.77. The van der Waals surface area contributed by atoms with E-state index in [1.165, 1.54) is 16.7 Å². The maximum atomic E-state index is 13.2. The number of thioether (sulfide) groups is 3. The van der Waals surface area contributed by atoms with Crippen molar-refractivity contribution < 1.29 is 29.0 Å². The van der Waals surface area contributed by atoms with Gasteiger partial charge in [0.05, 0.1) is 11.6 Å². The minimum atomic E-state index is -1.47. The Morgan fingerprint density at radius 3 is 2.16 bits per heavy atom.